The molecule has 260 valence electrons. The van der Waals surface area contributed by atoms with Crippen molar-refractivity contribution in [3.05, 3.63) is 72.1 Å². The van der Waals surface area contributed by atoms with Crippen molar-refractivity contribution in [3.63, 3.8) is 0 Å². The summed E-state index contributed by atoms with van der Waals surface area (Å²) in [5.74, 6) is -4.40. The van der Waals surface area contributed by atoms with Gasteiger partial charge in [0.25, 0.3) is 0 Å². The Kier molecular flexibility index (Phi) is 12.3. The van der Waals surface area contributed by atoms with Crippen molar-refractivity contribution in [1.29, 1.82) is 0 Å². The zero-order valence-electron chi connectivity index (χ0n) is 26.8. The minimum absolute atomic E-state index is 0.0120. The zero-order chi connectivity index (χ0) is 35.5. The molecule has 2 aromatic carbocycles. The van der Waals surface area contributed by atoms with Crippen LogP contribution in [0.4, 0.5) is 0 Å². The summed E-state index contributed by atoms with van der Waals surface area (Å²) in [5.41, 5.74) is 25.5. The number of carboxylic acids is 1. The highest BCUT2D eigenvalue weighted by Crippen LogP contribution is 2.21. The second-order valence-electron chi connectivity index (χ2n) is 11.7. The maximum Gasteiger partial charge on any atom is 0.326 e. The van der Waals surface area contributed by atoms with E-state index in [1.54, 1.807) is 12.4 Å². The number of aromatic nitrogens is 2. The minimum atomic E-state index is -1.36. The van der Waals surface area contributed by atoms with Crippen molar-refractivity contribution in [2.45, 2.75) is 62.7 Å². The number of carbonyl (C=O) groups is 5. The van der Waals surface area contributed by atoms with Gasteiger partial charge in [-0.05, 0) is 48.9 Å². The lowest BCUT2D eigenvalue weighted by Crippen LogP contribution is -2.57. The summed E-state index contributed by atoms with van der Waals surface area (Å²) in [7, 11) is 0. The molecule has 0 bridgehead atoms. The van der Waals surface area contributed by atoms with E-state index in [2.05, 4.69) is 30.9 Å². The fourth-order valence-electron chi connectivity index (χ4n) is 5.50. The number of aliphatic carboxylic acids is 1. The topological polar surface area (TPSA) is 290 Å². The van der Waals surface area contributed by atoms with Crippen LogP contribution in [0.1, 0.15) is 36.8 Å². The van der Waals surface area contributed by atoms with Crippen molar-refractivity contribution in [2.24, 2.45) is 27.9 Å². The Morgan fingerprint density at radius 2 is 1.24 bits per heavy atom. The maximum absolute atomic E-state index is 13.9. The maximum atomic E-state index is 13.9. The summed E-state index contributed by atoms with van der Waals surface area (Å²) in [6.45, 7) is 0.140. The van der Waals surface area contributed by atoms with E-state index in [9.17, 15) is 29.1 Å². The van der Waals surface area contributed by atoms with Gasteiger partial charge in [0, 0.05) is 53.6 Å². The van der Waals surface area contributed by atoms with Crippen molar-refractivity contribution in [1.82, 2.24) is 25.9 Å². The number of para-hydroxylation sites is 2. The summed E-state index contributed by atoms with van der Waals surface area (Å²) in [4.78, 5) is 74.4. The summed E-state index contributed by atoms with van der Waals surface area (Å²) in [6, 6.07) is 10.1. The van der Waals surface area contributed by atoms with E-state index in [1.165, 1.54) is 0 Å². The van der Waals surface area contributed by atoms with Gasteiger partial charge in [0.2, 0.25) is 23.6 Å². The van der Waals surface area contributed by atoms with Crippen LogP contribution in [0.5, 0.6) is 0 Å². The minimum Gasteiger partial charge on any atom is -0.480 e. The van der Waals surface area contributed by atoms with Gasteiger partial charge in [-0.2, -0.15) is 0 Å². The van der Waals surface area contributed by atoms with Gasteiger partial charge in [-0.25, -0.2) is 4.79 Å². The highest BCUT2D eigenvalue weighted by atomic mass is 16.4. The first kappa shape index (κ1) is 35.9. The fourth-order valence-corrected chi connectivity index (χ4v) is 5.50. The molecule has 0 radical (unpaired) electrons. The van der Waals surface area contributed by atoms with Crippen LogP contribution in [-0.4, -0.2) is 81.3 Å². The number of primary amides is 1. The highest BCUT2D eigenvalue weighted by Gasteiger charge is 2.31. The van der Waals surface area contributed by atoms with Gasteiger partial charge in [0.1, 0.15) is 18.1 Å². The molecule has 4 rings (SSSR count). The predicted octanol–water partition coefficient (Wildman–Crippen LogP) is -0.380. The molecule has 0 aliphatic carbocycles. The number of H-pyrrole nitrogens is 2. The number of rotatable bonds is 18. The highest BCUT2D eigenvalue weighted by molar-refractivity contribution is 5.95. The first-order valence-electron chi connectivity index (χ1n) is 15.8. The molecule has 2 aromatic heterocycles. The van der Waals surface area contributed by atoms with Crippen molar-refractivity contribution in [3.8, 4) is 0 Å². The van der Waals surface area contributed by atoms with Crippen molar-refractivity contribution in [2.75, 3.05) is 6.54 Å². The quantitative estimate of drug-likeness (QED) is 0.0373. The van der Waals surface area contributed by atoms with Crippen molar-refractivity contribution < 1.29 is 29.1 Å². The molecular weight excluding hydrogens is 632 g/mol. The molecule has 0 aliphatic rings. The molecule has 4 aromatic rings. The first-order valence-corrected chi connectivity index (χ1v) is 15.8. The number of nitrogens with one attached hydrogen (secondary N) is 5. The number of nitrogens with two attached hydrogens (primary N) is 4. The third-order valence-electron chi connectivity index (χ3n) is 8.06. The largest absolute Gasteiger partial charge is 0.480 e. The third-order valence-corrected chi connectivity index (χ3v) is 8.06. The molecule has 4 amide bonds. The van der Waals surface area contributed by atoms with Crippen LogP contribution in [0.15, 0.2) is 65.9 Å². The standard InChI is InChI=1S/C33H42N10O6/c34-22(14-18-16-39-23-8-3-1-6-20(18)23)29(45)43-27(15-19-17-40-24-9-4-2-7-21(19)24)31(47)41-25(11-12-28(35)44)30(46)42-26(32(48)49)10-5-13-38-33(36)37/h1-4,6-9,16-17,22,25-27,39-40H,5,10-15,34H2,(H2,35,44)(H,41,47)(H,42,46)(H,43,45)(H,48,49)(H4,36,37,38). The van der Waals surface area contributed by atoms with Crippen LogP contribution in [-0.2, 0) is 36.8 Å². The van der Waals surface area contributed by atoms with Crippen LogP contribution in [0.2, 0.25) is 0 Å². The Morgan fingerprint density at radius 3 is 1.82 bits per heavy atom. The van der Waals surface area contributed by atoms with Crippen LogP contribution in [0, 0.1) is 0 Å². The average Bonchev–Trinajstić information content (AvgIpc) is 3.67. The number of hydrogen-bond acceptors (Lipinski definition) is 7. The Bertz CT molecular complexity index is 1830. The number of guanidine groups is 1. The molecule has 16 heteroatoms. The van der Waals surface area contributed by atoms with E-state index >= 15 is 0 Å². The Labute approximate surface area is 281 Å². The van der Waals surface area contributed by atoms with E-state index in [4.69, 9.17) is 22.9 Å². The first-order chi connectivity index (χ1) is 23.4. The van der Waals surface area contributed by atoms with E-state index in [1.807, 2.05) is 48.5 Å². The van der Waals surface area contributed by atoms with Crippen molar-refractivity contribution >= 4 is 57.4 Å². The summed E-state index contributed by atoms with van der Waals surface area (Å²) in [6.07, 6.45) is 3.43. The Balaban J connectivity index is 1.53. The van der Waals surface area contributed by atoms with Gasteiger partial charge < -0.3 is 54.0 Å². The predicted molar refractivity (Wildman–Crippen MR) is 184 cm³/mol. The average molecular weight is 675 g/mol. The van der Waals surface area contributed by atoms with Gasteiger partial charge in [-0.1, -0.05) is 36.4 Å². The molecule has 16 nitrogen and oxygen atoms in total. The third kappa shape index (κ3) is 10.0. The molecule has 0 saturated heterocycles. The summed E-state index contributed by atoms with van der Waals surface area (Å²) in [5, 5.41) is 19.2. The summed E-state index contributed by atoms with van der Waals surface area (Å²) >= 11 is 0. The monoisotopic (exact) mass is 674 g/mol. The van der Waals surface area contributed by atoms with Crippen LogP contribution in [0.25, 0.3) is 21.8 Å². The lowest BCUT2D eigenvalue weighted by molar-refractivity contribution is -0.142. The number of aliphatic imine (C=N–C) groups is 1. The normalized spacial score (nSPS) is 13.6. The molecule has 4 atom stereocenters. The van der Waals surface area contributed by atoms with Gasteiger partial charge in [0.15, 0.2) is 5.96 Å². The van der Waals surface area contributed by atoms with E-state index < -0.39 is 53.8 Å². The zero-order valence-corrected chi connectivity index (χ0v) is 26.8. The van der Waals surface area contributed by atoms with Gasteiger partial charge in [-0.3, -0.25) is 24.2 Å². The second-order valence-corrected chi connectivity index (χ2v) is 11.7. The number of carboxylic acid groups (broad SMARTS) is 1. The smallest absolute Gasteiger partial charge is 0.326 e. The molecule has 4 unspecified atom stereocenters. The Morgan fingerprint density at radius 1 is 0.714 bits per heavy atom. The fraction of sp³-hybridized carbons (Fsp3) is 0.333. The summed E-state index contributed by atoms with van der Waals surface area (Å²) < 4.78 is 0. The van der Waals surface area contributed by atoms with Gasteiger partial charge in [-0.15, -0.1) is 0 Å². The van der Waals surface area contributed by atoms with E-state index in [0.29, 0.717) is 5.56 Å². The second kappa shape index (κ2) is 16.8. The van der Waals surface area contributed by atoms with E-state index in [0.717, 1.165) is 27.4 Å². The van der Waals surface area contributed by atoms with Crippen LogP contribution < -0.4 is 38.9 Å². The van der Waals surface area contributed by atoms with Crippen LogP contribution in [0.3, 0.4) is 0 Å². The molecule has 14 N–H and O–H groups in total. The number of carbonyl (C=O) groups excluding carboxylic acids is 4. The molecule has 2 heterocycles. The number of amides is 4. The Hall–Kier alpha value is -5.90. The number of hydrogen-bond donors (Lipinski definition) is 10. The van der Waals surface area contributed by atoms with Gasteiger partial charge >= 0.3 is 5.97 Å². The molecule has 0 saturated carbocycles. The lowest BCUT2D eigenvalue weighted by atomic mass is 10.0. The molecule has 0 spiro atoms. The SMILES string of the molecule is NC(=O)CCC(NC(=O)C(Cc1c[nH]c2ccccc12)NC(=O)C(N)Cc1c[nH]c2ccccc12)C(=O)NC(CCCN=C(N)N)C(=O)O. The number of benzene rings is 2. The van der Waals surface area contributed by atoms with Gasteiger partial charge in [0.05, 0.1) is 6.04 Å². The molecule has 0 fully saturated rings. The molecular formula is C33H42N10O6. The van der Waals surface area contributed by atoms with Crippen LogP contribution >= 0.6 is 0 Å². The number of fused-ring (bicyclic) bond motifs is 2. The molecule has 0 aliphatic heterocycles. The molecule has 49 heavy (non-hydrogen) atoms. The lowest BCUT2D eigenvalue weighted by Gasteiger charge is -2.25. The van der Waals surface area contributed by atoms with E-state index in [-0.39, 0.29) is 51.0 Å². The number of aromatic amines is 2. The number of nitrogens with zero attached hydrogens (tertiary/aromatic N) is 1.